The first-order valence-corrected chi connectivity index (χ1v) is 8.83. The molecule has 0 saturated heterocycles. The highest BCUT2D eigenvalue weighted by Crippen LogP contribution is 2.40. The third-order valence-corrected chi connectivity index (χ3v) is 4.76. The normalized spacial score (nSPS) is 17.7. The molecule has 27 heavy (non-hydrogen) atoms. The smallest absolute Gasteiger partial charge is 0.337 e. The molecule has 0 aliphatic heterocycles. The van der Waals surface area contributed by atoms with Crippen molar-refractivity contribution >= 4 is 40.8 Å². The largest absolute Gasteiger partial charge is 0.465 e. The minimum Gasteiger partial charge on any atom is -0.465 e. The molecule has 1 fully saturated rings. The van der Waals surface area contributed by atoms with Gasteiger partial charge in [-0.1, -0.05) is 29.3 Å². The van der Waals surface area contributed by atoms with E-state index in [0.29, 0.717) is 22.8 Å². The van der Waals surface area contributed by atoms with Gasteiger partial charge in [-0.25, -0.2) is 4.79 Å². The van der Waals surface area contributed by atoms with Gasteiger partial charge in [0.2, 0.25) is 11.8 Å². The summed E-state index contributed by atoms with van der Waals surface area (Å²) in [6.07, 6.45) is 0.470. The molecule has 140 valence electrons. The van der Waals surface area contributed by atoms with Gasteiger partial charge >= 0.3 is 5.97 Å². The Balaban J connectivity index is 1.61. The van der Waals surface area contributed by atoms with Crippen LogP contribution in [0.25, 0.3) is 0 Å². The van der Waals surface area contributed by atoms with Crippen LogP contribution in [0, 0.1) is 18.8 Å². The number of esters is 1. The van der Waals surface area contributed by atoms with Crippen molar-refractivity contribution in [2.45, 2.75) is 13.3 Å². The Labute approximate surface area is 161 Å². The Morgan fingerprint density at radius 3 is 2.26 bits per heavy atom. The Bertz CT molecular complexity index is 895. The van der Waals surface area contributed by atoms with E-state index < -0.39 is 11.9 Å². The molecule has 2 aromatic rings. The molecule has 2 aromatic carbocycles. The zero-order valence-electron chi connectivity index (χ0n) is 14.9. The van der Waals surface area contributed by atoms with Crippen LogP contribution in [0.1, 0.15) is 22.3 Å². The first-order chi connectivity index (χ1) is 12.9. The molecule has 0 heterocycles. The van der Waals surface area contributed by atoms with Crippen molar-refractivity contribution in [3.63, 3.8) is 0 Å². The van der Waals surface area contributed by atoms with Gasteiger partial charge in [0.25, 0.3) is 0 Å². The summed E-state index contributed by atoms with van der Waals surface area (Å²) in [7, 11) is 1.27. The number of anilines is 2. The number of benzene rings is 2. The van der Waals surface area contributed by atoms with Crippen molar-refractivity contribution < 1.29 is 19.1 Å². The Kier molecular flexibility index (Phi) is 5.46. The molecule has 0 aromatic heterocycles. The predicted octanol–water partition coefficient (Wildman–Crippen LogP) is 3.65. The molecule has 1 aliphatic rings. The number of halogens is 1. The number of aryl methyl sites for hydroxylation is 1. The molecular weight excluding hydrogens is 368 g/mol. The van der Waals surface area contributed by atoms with Crippen LogP contribution in [-0.4, -0.2) is 24.9 Å². The number of ether oxygens (including phenoxy) is 1. The molecule has 2 N–H and O–H groups in total. The van der Waals surface area contributed by atoms with Crippen molar-refractivity contribution in [3.8, 4) is 0 Å². The third kappa shape index (κ3) is 4.46. The van der Waals surface area contributed by atoms with Crippen molar-refractivity contribution in [3.05, 3.63) is 58.6 Å². The molecule has 0 bridgehead atoms. The van der Waals surface area contributed by atoms with Crippen LogP contribution >= 0.6 is 11.6 Å². The Hall–Kier alpha value is -2.86. The van der Waals surface area contributed by atoms with Crippen LogP contribution in [0.3, 0.4) is 0 Å². The molecule has 0 spiro atoms. The summed E-state index contributed by atoms with van der Waals surface area (Å²) in [5, 5.41) is 5.81. The number of carbonyl (C=O) groups excluding carboxylic acids is 3. The van der Waals surface area contributed by atoms with Crippen LogP contribution in [-0.2, 0) is 14.3 Å². The van der Waals surface area contributed by atoms with Gasteiger partial charge in [-0.15, -0.1) is 0 Å². The van der Waals surface area contributed by atoms with E-state index in [-0.39, 0.29) is 23.3 Å². The fraction of sp³-hybridized carbons (Fsp3) is 0.250. The molecule has 1 aliphatic carbocycles. The maximum absolute atomic E-state index is 12.4. The summed E-state index contributed by atoms with van der Waals surface area (Å²) < 4.78 is 4.66. The fourth-order valence-electron chi connectivity index (χ4n) is 2.74. The summed E-state index contributed by atoms with van der Waals surface area (Å²) in [4.78, 5) is 36.3. The first-order valence-electron chi connectivity index (χ1n) is 8.45. The molecule has 0 radical (unpaired) electrons. The lowest BCUT2D eigenvalue weighted by Crippen LogP contribution is -2.21. The Morgan fingerprint density at radius 2 is 1.63 bits per heavy atom. The Morgan fingerprint density at radius 1 is 1.00 bits per heavy atom. The van der Waals surface area contributed by atoms with Crippen LogP contribution in [0.4, 0.5) is 11.4 Å². The van der Waals surface area contributed by atoms with Crippen molar-refractivity contribution in [1.29, 1.82) is 0 Å². The van der Waals surface area contributed by atoms with Gasteiger partial charge in [-0.2, -0.15) is 0 Å². The second kappa shape index (κ2) is 7.80. The van der Waals surface area contributed by atoms with Gasteiger partial charge in [0.1, 0.15) is 0 Å². The average molecular weight is 387 g/mol. The van der Waals surface area contributed by atoms with Gasteiger partial charge in [-0.05, 0) is 43.7 Å². The molecule has 2 amide bonds. The zero-order valence-corrected chi connectivity index (χ0v) is 15.7. The average Bonchev–Trinajstić information content (AvgIpc) is 3.46. The lowest BCUT2D eigenvalue weighted by atomic mass is 10.2. The minimum absolute atomic E-state index is 0.187. The number of rotatable bonds is 5. The van der Waals surface area contributed by atoms with E-state index in [2.05, 4.69) is 15.4 Å². The van der Waals surface area contributed by atoms with E-state index in [1.54, 1.807) is 0 Å². The van der Waals surface area contributed by atoms with E-state index in [4.69, 9.17) is 11.6 Å². The number of nitrogens with one attached hydrogen (secondary N) is 2. The number of amides is 2. The van der Waals surface area contributed by atoms with E-state index in [1.807, 2.05) is 31.2 Å². The summed E-state index contributed by atoms with van der Waals surface area (Å²) in [6, 6.07) is 11.9. The monoisotopic (exact) mass is 386 g/mol. The standard InChI is InChI=1S/C20H19ClN2O4/c1-11-3-6-13(7-4-11)22-18(24)14-10-15(14)19(25)23-17-9-12(20(26)27-2)5-8-16(17)21/h3-9,14-15H,10H2,1-2H3,(H,22,24)(H,23,25). The van der Waals surface area contributed by atoms with E-state index in [9.17, 15) is 14.4 Å². The molecule has 2 atom stereocenters. The van der Waals surface area contributed by atoms with Gasteiger partial charge < -0.3 is 15.4 Å². The SMILES string of the molecule is COC(=O)c1ccc(Cl)c(NC(=O)C2CC2C(=O)Nc2ccc(C)cc2)c1. The number of hydrogen-bond acceptors (Lipinski definition) is 4. The highest BCUT2D eigenvalue weighted by Gasteiger charge is 2.48. The number of carbonyl (C=O) groups is 3. The first kappa shape index (κ1) is 18.9. The highest BCUT2D eigenvalue weighted by molar-refractivity contribution is 6.34. The number of methoxy groups -OCH3 is 1. The number of hydrogen-bond donors (Lipinski definition) is 2. The molecule has 7 heteroatoms. The maximum atomic E-state index is 12.4. The minimum atomic E-state index is -0.524. The second-order valence-electron chi connectivity index (χ2n) is 6.48. The maximum Gasteiger partial charge on any atom is 0.337 e. The summed E-state index contributed by atoms with van der Waals surface area (Å²) in [5.74, 6) is -1.82. The summed E-state index contributed by atoms with van der Waals surface area (Å²) >= 11 is 6.09. The van der Waals surface area contributed by atoms with Gasteiger partial charge in [0, 0.05) is 5.69 Å². The molecule has 3 rings (SSSR count). The van der Waals surface area contributed by atoms with Gasteiger partial charge in [-0.3, -0.25) is 9.59 Å². The van der Waals surface area contributed by atoms with Crippen LogP contribution in [0.15, 0.2) is 42.5 Å². The zero-order chi connectivity index (χ0) is 19.6. The lowest BCUT2D eigenvalue weighted by molar-refractivity contribution is -0.122. The van der Waals surface area contributed by atoms with Crippen LogP contribution in [0.5, 0.6) is 0 Å². The van der Waals surface area contributed by atoms with Gasteiger partial charge in [0.15, 0.2) is 0 Å². The fourth-order valence-corrected chi connectivity index (χ4v) is 2.90. The van der Waals surface area contributed by atoms with Gasteiger partial charge in [0.05, 0.1) is 35.2 Å². The summed E-state index contributed by atoms with van der Waals surface area (Å²) in [5.41, 5.74) is 2.39. The molecule has 2 unspecified atom stereocenters. The topological polar surface area (TPSA) is 84.5 Å². The molecule has 1 saturated carbocycles. The van der Waals surface area contributed by atoms with E-state index in [0.717, 1.165) is 5.56 Å². The van der Waals surface area contributed by atoms with Crippen LogP contribution < -0.4 is 10.6 Å². The lowest BCUT2D eigenvalue weighted by Gasteiger charge is -2.09. The van der Waals surface area contributed by atoms with E-state index in [1.165, 1.54) is 25.3 Å². The molecule has 6 nitrogen and oxygen atoms in total. The van der Waals surface area contributed by atoms with Crippen molar-refractivity contribution in [2.75, 3.05) is 17.7 Å². The van der Waals surface area contributed by atoms with Crippen LogP contribution in [0.2, 0.25) is 5.02 Å². The van der Waals surface area contributed by atoms with E-state index >= 15 is 0 Å². The third-order valence-electron chi connectivity index (χ3n) is 4.43. The van der Waals surface area contributed by atoms with Crippen molar-refractivity contribution in [1.82, 2.24) is 0 Å². The highest BCUT2D eigenvalue weighted by atomic mass is 35.5. The summed E-state index contributed by atoms with van der Waals surface area (Å²) in [6.45, 7) is 1.97. The predicted molar refractivity (Wildman–Crippen MR) is 103 cm³/mol. The quantitative estimate of drug-likeness (QED) is 0.768. The second-order valence-corrected chi connectivity index (χ2v) is 6.89. The molecular formula is C20H19ClN2O4. The van der Waals surface area contributed by atoms with Crippen molar-refractivity contribution in [2.24, 2.45) is 11.8 Å².